The van der Waals surface area contributed by atoms with E-state index in [2.05, 4.69) is 15.3 Å². The minimum absolute atomic E-state index is 0.0272. The summed E-state index contributed by atoms with van der Waals surface area (Å²) < 4.78 is 1.42. The molecule has 0 atom stereocenters. The SMILES string of the molecule is Cc1ccc(-n2c(SCC(=O)Nc3sccc3C#N)nc3ccccc3c2=O)nc1. The summed E-state index contributed by atoms with van der Waals surface area (Å²) in [5.41, 5.74) is 1.70. The molecule has 30 heavy (non-hydrogen) atoms. The molecule has 7 nitrogen and oxygen atoms in total. The lowest BCUT2D eigenvalue weighted by molar-refractivity contribution is -0.113. The fourth-order valence-electron chi connectivity index (χ4n) is 2.79. The summed E-state index contributed by atoms with van der Waals surface area (Å²) >= 11 is 2.43. The van der Waals surface area contributed by atoms with Crippen LogP contribution in [0.2, 0.25) is 0 Å². The Labute approximate surface area is 180 Å². The van der Waals surface area contributed by atoms with Crippen molar-refractivity contribution in [1.82, 2.24) is 14.5 Å². The first-order valence-electron chi connectivity index (χ1n) is 8.92. The number of thioether (sulfide) groups is 1. The van der Waals surface area contributed by atoms with E-state index in [0.29, 0.717) is 32.4 Å². The zero-order valence-corrected chi connectivity index (χ0v) is 17.5. The van der Waals surface area contributed by atoms with Gasteiger partial charge in [0.25, 0.3) is 5.56 Å². The summed E-state index contributed by atoms with van der Waals surface area (Å²) in [6.07, 6.45) is 1.68. The summed E-state index contributed by atoms with van der Waals surface area (Å²) in [5, 5.41) is 14.9. The van der Waals surface area contributed by atoms with Crippen LogP contribution in [0.4, 0.5) is 5.00 Å². The Balaban J connectivity index is 1.68. The number of fused-ring (bicyclic) bond motifs is 1. The number of benzene rings is 1. The maximum atomic E-state index is 13.2. The molecule has 3 heterocycles. The van der Waals surface area contributed by atoms with Crippen LogP contribution in [0.3, 0.4) is 0 Å². The Morgan fingerprint density at radius 3 is 2.87 bits per heavy atom. The first kappa shape index (κ1) is 19.8. The van der Waals surface area contributed by atoms with Crippen LogP contribution in [0, 0.1) is 18.3 Å². The van der Waals surface area contributed by atoms with Crippen LogP contribution in [0.15, 0.2) is 64.0 Å². The smallest absolute Gasteiger partial charge is 0.267 e. The van der Waals surface area contributed by atoms with Crippen molar-refractivity contribution in [3.05, 3.63) is 75.5 Å². The Bertz CT molecular complexity index is 1340. The number of nitriles is 1. The summed E-state index contributed by atoms with van der Waals surface area (Å²) in [6, 6.07) is 14.4. The van der Waals surface area contributed by atoms with E-state index >= 15 is 0 Å². The molecule has 0 aliphatic carbocycles. The minimum atomic E-state index is -0.287. The lowest BCUT2D eigenvalue weighted by Gasteiger charge is -2.12. The molecule has 148 valence electrons. The first-order valence-corrected chi connectivity index (χ1v) is 10.8. The van der Waals surface area contributed by atoms with E-state index in [4.69, 9.17) is 5.26 Å². The maximum absolute atomic E-state index is 13.2. The van der Waals surface area contributed by atoms with Crippen LogP contribution in [-0.4, -0.2) is 26.2 Å². The highest BCUT2D eigenvalue weighted by Crippen LogP contribution is 2.24. The molecule has 0 unspecified atom stereocenters. The Kier molecular flexibility index (Phi) is 5.61. The number of hydrogen-bond donors (Lipinski definition) is 1. The zero-order valence-electron chi connectivity index (χ0n) is 15.8. The van der Waals surface area contributed by atoms with Crippen molar-refractivity contribution in [3.63, 3.8) is 0 Å². The quantitative estimate of drug-likeness (QED) is 0.380. The summed E-state index contributed by atoms with van der Waals surface area (Å²) in [5.74, 6) is 0.181. The Morgan fingerprint density at radius 2 is 2.10 bits per heavy atom. The number of nitrogens with one attached hydrogen (secondary N) is 1. The van der Waals surface area contributed by atoms with E-state index in [9.17, 15) is 9.59 Å². The molecule has 0 aliphatic heterocycles. The third-order valence-electron chi connectivity index (χ3n) is 4.24. The molecule has 0 aliphatic rings. The van der Waals surface area contributed by atoms with Crippen LogP contribution < -0.4 is 10.9 Å². The van der Waals surface area contributed by atoms with E-state index in [1.807, 2.05) is 25.1 Å². The number of amides is 1. The van der Waals surface area contributed by atoms with Crippen molar-refractivity contribution in [2.75, 3.05) is 11.1 Å². The van der Waals surface area contributed by atoms with Gasteiger partial charge in [-0.2, -0.15) is 5.26 Å². The average Bonchev–Trinajstić information content (AvgIpc) is 3.20. The van der Waals surface area contributed by atoms with Gasteiger partial charge in [0.05, 0.1) is 22.2 Å². The van der Waals surface area contributed by atoms with E-state index in [1.54, 1.807) is 41.9 Å². The van der Waals surface area contributed by atoms with Gasteiger partial charge in [0.2, 0.25) is 5.91 Å². The van der Waals surface area contributed by atoms with Gasteiger partial charge in [0.1, 0.15) is 16.9 Å². The molecule has 1 aromatic carbocycles. The molecule has 0 fully saturated rings. The molecule has 1 amide bonds. The molecule has 0 bridgehead atoms. The number of thiophene rings is 1. The predicted octanol–water partition coefficient (Wildman–Crippen LogP) is 3.75. The third-order valence-corrected chi connectivity index (χ3v) is 6.01. The van der Waals surface area contributed by atoms with Gasteiger partial charge >= 0.3 is 0 Å². The standard InChI is InChI=1S/C21H15N5O2S2/c1-13-6-7-17(23-11-13)26-20(28)15-4-2-3-5-16(15)24-21(26)30-12-18(27)25-19-14(10-22)8-9-29-19/h2-9,11H,12H2,1H3,(H,25,27). The molecule has 9 heteroatoms. The zero-order chi connectivity index (χ0) is 21.1. The van der Waals surface area contributed by atoms with Crippen molar-refractivity contribution in [1.29, 1.82) is 5.26 Å². The first-order chi connectivity index (χ1) is 14.6. The molecule has 0 saturated heterocycles. The molecule has 0 radical (unpaired) electrons. The summed E-state index contributed by atoms with van der Waals surface area (Å²) in [7, 11) is 0. The fourth-order valence-corrected chi connectivity index (χ4v) is 4.34. The van der Waals surface area contributed by atoms with Crippen LogP contribution in [0.25, 0.3) is 16.7 Å². The van der Waals surface area contributed by atoms with Crippen LogP contribution in [0.1, 0.15) is 11.1 Å². The van der Waals surface area contributed by atoms with Crippen molar-refractivity contribution in [2.45, 2.75) is 12.1 Å². The van der Waals surface area contributed by atoms with Crippen molar-refractivity contribution >= 4 is 44.9 Å². The van der Waals surface area contributed by atoms with Gasteiger partial charge < -0.3 is 5.32 Å². The lowest BCUT2D eigenvalue weighted by atomic mass is 10.2. The van der Waals surface area contributed by atoms with E-state index < -0.39 is 0 Å². The summed E-state index contributed by atoms with van der Waals surface area (Å²) in [4.78, 5) is 34.5. The number of aromatic nitrogens is 3. The minimum Gasteiger partial charge on any atom is -0.316 e. The number of hydrogen-bond acceptors (Lipinski definition) is 7. The topological polar surface area (TPSA) is 101 Å². The van der Waals surface area contributed by atoms with Gasteiger partial charge in [-0.15, -0.1) is 11.3 Å². The fraction of sp³-hybridized carbons (Fsp3) is 0.0952. The normalized spacial score (nSPS) is 10.7. The number of aryl methyl sites for hydroxylation is 1. The summed E-state index contributed by atoms with van der Waals surface area (Å²) in [6.45, 7) is 1.91. The molecule has 1 N–H and O–H groups in total. The Hall–Kier alpha value is -3.48. The van der Waals surface area contributed by atoms with Crippen LogP contribution in [0.5, 0.6) is 0 Å². The average molecular weight is 434 g/mol. The van der Waals surface area contributed by atoms with E-state index in [1.165, 1.54) is 15.9 Å². The Morgan fingerprint density at radius 1 is 1.27 bits per heavy atom. The van der Waals surface area contributed by atoms with Crippen molar-refractivity contribution < 1.29 is 4.79 Å². The molecular formula is C21H15N5O2S2. The maximum Gasteiger partial charge on any atom is 0.267 e. The number of pyridine rings is 1. The van der Waals surface area contributed by atoms with Crippen LogP contribution in [-0.2, 0) is 4.79 Å². The number of carbonyl (C=O) groups is 1. The largest absolute Gasteiger partial charge is 0.316 e. The van der Waals surface area contributed by atoms with Gasteiger partial charge in [0, 0.05) is 6.20 Å². The second kappa shape index (κ2) is 8.49. The molecule has 3 aromatic heterocycles. The van der Waals surface area contributed by atoms with Gasteiger partial charge in [0.15, 0.2) is 5.16 Å². The number of nitrogens with zero attached hydrogens (tertiary/aromatic N) is 4. The van der Waals surface area contributed by atoms with Gasteiger partial charge in [-0.25, -0.2) is 14.5 Å². The number of rotatable bonds is 5. The third kappa shape index (κ3) is 3.96. The number of anilines is 1. The van der Waals surface area contributed by atoms with Crippen LogP contribution >= 0.6 is 23.1 Å². The molecule has 0 saturated carbocycles. The second-order valence-electron chi connectivity index (χ2n) is 6.36. The number of para-hydroxylation sites is 1. The van der Waals surface area contributed by atoms with Gasteiger partial charge in [-0.05, 0) is 42.1 Å². The molecule has 0 spiro atoms. The molecule has 4 aromatic rings. The monoisotopic (exact) mass is 433 g/mol. The van der Waals surface area contributed by atoms with E-state index in [-0.39, 0.29) is 17.2 Å². The van der Waals surface area contributed by atoms with Crippen molar-refractivity contribution in [2.24, 2.45) is 0 Å². The highest BCUT2D eigenvalue weighted by molar-refractivity contribution is 7.99. The van der Waals surface area contributed by atoms with Gasteiger partial charge in [-0.3, -0.25) is 9.59 Å². The van der Waals surface area contributed by atoms with Crippen molar-refractivity contribution in [3.8, 4) is 11.9 Å². The lowest BCUT2D eigenvalue weighted by Crippen LogP contribution is -2.23. The van der Waals surface area contributed by atoms with Gasteiger partial charge in [-0.1, -0.05) is 30.0 Å². The highest BCUT2D eigenvalue weighted by Gasteiger charge is 2.16. The highest BCUT2D eigenvalue weighted by atomic mass is 32.2. The predicted molar refractivity (Wildman–Crippen MR) is 118 cm³/mol. The molecular weight excluding hydrogens is 418 g/mol. The number of carbonyl (C=O) groups excluding carboxylic acids is 1. The molecule has 4 rings (SSSR count). The van der Waals surface area contributed by atoms with E-state index in [0.717, 1.165) is 17.3 Å². The second-order valence-corrected chi connectivity index (χ2v) is 8.22.